The number of piperidine rings is 1. The van der Waals surface area contributed by atoms with E-state index in [2.05, 4.69) is 22.3 Å². The van der Waals surface area contributed by atoms with Crippen molar-refractivity contribution >= 4 is 24.3 Å². The van der Waals surface area contributed by atoms with Crippen molar-refractivity contribution in [3.63, 3.8) is 0 Å². The first-order valence-electron chi connectivity index (χ1n) is 12.2. The lowest BCUT2D eigenvalue weighted by molar-refractivity contribution is -0.123. The number of aromatic carboxylic acids is 1. The van der Waals surface area contributed by atoms with E-state index >= 15 is 0 Å². The maximum absolute atomic E-state index is 12.4. The minimum absolute atomic E-state index is 0. The van der Waals surface area contributed by atoms with Crippen LogP contribution in [0.3, 0.4) is 0 Å². The van der Waals surface area contributed by atoms with Crippen molar-refractivity contribution in [3.8, 4) is 11.5 Å². The molecule has 7 heteroatoms. The van der Waals surface area contributed by atoms with Gasteiger partial charge in [-0.25, -0.2) is 4.79 Å². The lowest BCUT2D eigenvalue weighted by Gasteiger charge is -2.32. The SMILES string of the molecule is Cl.O=C(CC1CCCCC1)NC1CCN(Cc2ccc(Oc3ccc(C(=O)O)cc3)cc2)CC1. The van der Waals surface area contributed by atoms with Gasteiger partial charge in [-0.2, -0.15) is 0 Å². The number of hydrogen-bond acceptors (Lipinski definition) is 4. The predicted molar refractivity (Wildman–Crippen MR) is 135 cm³/mol. The Bertz CT molecular complexity index is 919. The van der Waals surface area contributed by atoms with Crippen molar-refractivity contribution in [2.24, 2.45) is 5.92 Å². The van der Waals surface area contributed by atoms with Gasteiger partial charge in [0.25, 0.3) is 0 Å². The van der Waals surface area contributed by atoms with Crippen LogP contribution in [0.15, 0.2) is 48.5 Å². The molecule has 1 aliphatic heterocycles. The van der Waals surface area contributed by atoms with Gasteiger partial charge in [0.05, 0.1) is 5.56 Å². The molecule has 1 saturated carbocycles. The molecule has 1 amide bonds. The Morgan fingerprint density at radius 2 is 1.47 bits per heavy atom. The molecular weight excluding hydrogens is 452 g/mol. The van der Waals surface area contributed by atoms with E-state index in [-0.39, 0.29) is 23.9 Å². The third-order valence-electron chi connectivity index (χ3n) is 6.82. The van der Waals surface area contributed by atoms with Crippen molar-refractivity contribution in [2.45, 2.75) is 64.0 Å². The average molecular weight is 487 g/mol. The summed E-state index contributed by atoms with van der Waals surface area (Å²) in [5.74, 6) is 1.22. The quantitative estimate of drug-likeness (QED) is 0.504. The molecule has 1 saturated heterocycles. The fourth-order valence-electron chi connectivity index (χ4n) is 4.90. The number of likely N-dealkylation sites (tertiary alicyclic amines) is 1. The van der Waals surface area contributed by atoms with E-state index in [4.69, 9.17) is 9.84 Å². The van der Waals surface area contributed by atoms with Gasteiger partial charge >= 0.3 is 5.97 Å². The van der Waals surface area contributed by atoms with Crippen LogP contribution < -0.4 is 10.1 Å². The molecule has 2 aromatic rings. The molecule has 0 radical (unpaired) electrons. The Balaban J connectivity index is 0.00000324. The average Bonchev–Trinajstić information content (AvgIpc) is 2.82. The first-order valence-corrected chi connectivity index (χ1v) is 12.2. The molecule has 0 unspecified atom stereocenters. The molecule has 0 spiro atoms. The zero-order chi connectivity index (χ0) is 23.0. The highest BCUT2D eigenvalue weighted by molar-refractivity contribution is 5.87. The van der Waals surface area contributed by atoms with Crippen molar-refractivity contribution in [2.75, 3.05) is 13.1 Å². The second-order valence-corrected chi connectivity index (χ2v) is 9.40. The summed E-state index contributed by atoms with van der Waals surface area (Å²) in [6.45, 7) is 2.86. The Kier molecular flexibility index (Phi) is 9.78. The van der Waals surface area contributed by atoms with Crippen molar-refractivity contribution in [1.82, 2.24) is 10.2 Å². The number of nitrogens with one attached hydrogen (secondary N) is 1. The van der Waals surface area contributed by atoms with Crippen molar-refractivity contribution in [1.29, 1.82) is 0 Å². The van der Waals surface area contributed by atoms with Gasteiger partial charge in [-0.15, -0.1) is 12.4 Å². The Morgan fingerprint density at radius 3 is 2.06 bits per heavy atom. The predicted octanol–water partition coefficient (Wildman–Crippen LogP) is 5.65. The molecule has 184 valence electrons. The minimum atomic E-state index is -0.947. The fraction of sp³-hybridized carbons (Fsp3) is 0.481. The first kappa shape index (κ1) is 26.0. The van der Waals surface area contributed by atoms with Gasteiger partial charge in [0.2, 0.25) is 5.91 Å². The number of carbonyl (C=O) groups is 2. The zero-order valence-corrected chi connectivity index (χ0v) is 20.4. The summed E-state index contributed by atoms with van der Waals surface area (Å²) in [5.41, 5.74) is 1.47. The smallest absolute Gasteiger partial charge is 0.335 e. The number of carboxylic acids is 1. The normalized spacial score (nSPS) is 17.5. The lowest BCUT2D eigenvalue weighted by Crippen LogP contribution is -2.44. The van der Waals surface area contributed by atoms with Crippen LogP contribution in [0.1, 0.15) is 67.3 Å². The van der Waals surface area contributed by atoms with Gasteiger partial charge < -0.3 is 15.2 Å². The number of halogens is 1. The molecule has 6 nitrogen and oxygen atoms in total. The molecule has 34 heavy (non-hydrogen) atoms. The van der Waals surface area contributed by atoms with E-state index in [9.17, 15) is 9.59 Å². The highest BCUT2D eigenvalue weighted by atomic mass is 35.5. The number of carbonyl (C=O) groups excluding carboxylic acids is 1. The molecule has 0 bridgehead atoms. The van der Waals surface area contributed by atoms with Gasteiger partial charge in [0.1, 0.15) is 11.5 Å². The van der Waals surface area contributed by atoms with Crippen LogP contribution in [0.4, 0.5) is 0 Å². The number of nitrogens with zero attached hydrogens (tertiary/aromatic N) is 1. The van der Waals surface area contributed by atoms with E-state index in [1.165, 1.54) is 49.8 Å². The summed E-state index contributed by atoms with van der Waals surface area (Å²) in [5, 5.41) is 12.3. The van der Waals surface area contributed by atoms with Crippen LogP contribution >= 0.6 is 12.4 Å². The number of carboxylic acid groups (broad SMARTS) is 1. The van der Waals surface area contributed by atoms with Crippen LogP contribution in [0.25, 0.3) is 0 Å². The van der Waals surface area contributed by atoms with E-state index in [0.717, 1.165) is 38.2 Å². The molecule has 2 aliphatic rings. The molecule has 2 N–H and O–H groups in total. The highest BCUT2D eigenvalue weighted by Crippen LogP contribution is 2.26. The topological polar surface area (TPSA) is 78.9 Å². The zero-order valence-electron chi connectivity index (χ0n) is 19.6. The standard InChI is InChI=1S/C27H34N2O4.ClH/c30-26(18-20-4-2-1-3-5-20)28-23-14-16-29(17-15-23)19-21-6-10-24(11-7-21)33-25-12-8-22(9-13-25)27(31)32;/h6-13,20,23H,1-5,14-19H2,(H,28,30)(H,31,32);1H. The van der Waals surface area contributed by atoms with Crippen LogP contribution in [0, 0.1) is 5.92 Å². The van der Waals surface area contributed by atoms with Crippen LogP contribution in [-0.4, -0.2) is 41.0 Å². The molecular formula is C27H35ClN2O4. The summed E-state index contributed by atoms with van der Waals surface area (Å²) in [4.78, 5) is 25.8. The third-order valence-corrected chi connectivity index (χ3v) is 6.82. The third kappa shape index (κ3) is 7.74. The molecule has 1 heterocycles. The van der Waals surface area contributed by atoms with Crippen molar-refractivity contribution in [3.05, 3.63) is 59.7 Å². The van der Waals surface area contributed by atoms with E-state index in [1.54, 1.807) is 12.1 Å². The number of amides is 1. The summed E-state index contributed by atoms with van der Waals surface area (Å²) < 4.78 is 5.82. The number of hydrogen-bond donors (Lipinski definition) is 2. The monoisotopic (exact) mass is 486 g/mol. The van der Waals surface area contributed by atoms with Gasteiger partial charge in [-0.1, -0.05) is 31.4 Å². The Morgan fingerprint density at radius 1 is 0.882 bits per heavy atom. The largest absolute Gasteiger partial charge is 0.478 e. The van der Waals surface area contributed by atoms with E-state index in [0.29, 0.717) is 24.1 Å². The Labute approximate surface area is 208 Å². The molecule has 4 rings (SSSR count). The van der Waals surface area contributed by atoms with Crippen LogP contribution in [-0.2, 0) is 11.3 Å². The summed E-state index contributed by atoms with van der Waals surface area (Å²) in [6, 6.07) is 14.7. The number of rotatable bonds is 8. The second kappa shape index (κ2) is 12.8. The molecule has 2 aromatic carbocycles. The minimum Gasteiger partial charge on any atom is -0.478 e. The van der Waals surface area contributed by atoms with Crippen LogP contribution in [0.5, 0.6) is 11.5 Å². The lowest BCUT2D eigenvalue weighted by atomic mass is 9.86. The van der Waals surface area contributed by atoms with Crippen LogP contribution in [0.2, 0.25) is 0 Å². The molecule has 0 aromatic heterocycles. The fourth-order valence-corrected chi connectivity index (χ4v) is 4.90. The highest BCUT2D eigenvalue weighted by Gasteiger charge is 2.23. The van der Waals surface area contributed by atoms with Gasteiger partial charge in [-0.05, 0) is 73.6 Å². The Hall–Kier alpha value is -2.57. The van der Waals surface area contributed by atoms with E-state index in [1.807, 2.05) is 12.1 Å². The van der Waals surface area contributed by atoms with Crippen molar-refractivity contribution < 1.29 is 19.4 Å². The molecule has 1 aliphatic carbocycles. The van der Waals surface area contributed by atoms with Gasteiger partial charge in [0, 0.05) is 32.1 Å². The number of ether oxygens (including phenoxy) is 1. The molecule has 2 fully saturated rings. The van der Waals surface area contributed by atoms with E-state index < -0.39 is 5.97 Å². The van der Waals surface area contributed by atoms with Gasteiger partial charge in [0.15, 0.2) is 0 Å². The maximum atomic E-state index is 12.4. The first-order chi connectivity index (χ1) is 16.0. The second-order valence-electron chi connectivity index (χ2n) is 9.40. The number of benzene rings is 2. The van der Waals surface area contributed by atoms with Gasteiger partial charge in [-0.3, -0.25) is 9.69 Å². The maximum Gasteiger partial charge on any atom is 0.335 e. The summed E-state index contributed by atoms with van der Waals surface area (Å²) in [6.07, 6.45) is 9.03. The summed E-state index contributed by atoms with van der Waals surface area (Å²) in [7, 11) is 0. The summed E-state index contributed by atoms with van der Waals surface area (Å²) >= 11 is 0. The molecule has 0 atom stereocenters.